The summed E-state index contributed by atoms with van der Waals surface area (Å²) in [6.07, 6.45) is 4.32. The second kappa shape index (κ2) is 10.7. The number of urea groups is 1. The molecule has 31 heavy (non-hydrogen) atoms. The fourth-order valence-electron chi connectivity index (χ4n) is 3.58. The number of benzene rings is 2. The van der Waals surface area contributed by atoms with Gasteiger partial charge >= 0.3 is 6.03 Å². The molecule has 7 heteroatoms. The molecule has 1 fully saturated rings. The van der Waals surface area contributed by atoms with E-state index in [4.69, 9.17) is 4.74 Å². The number of carbonyl (C=O) groups is 2. The zero-order valence-corrected chi connectivity index (χ0v) is 18.5. The number of hydrogen-bond donors (Lipinski definition) is 3. The quantitative estimate of drug-likeness (QED) is 0.593. The number of nitrogens with one attached hydrogen (secondary N) is 3. The van der Waals surface area contributed by atoms with Gasteiger partial charge in [0.1, 0.15) is 5.75 Å². The highest BCUT2D eigenvalue weighted by atomic mass is 16.5. The third kappa shape index (κ3) is 6.13. The third-order valence-electron chi connectivity index (χ3n) is 5.53. The average Bonchev–Trinajstić information content (AvgIpc) is 2.80. The summed E-state index contributed by atoms with van der Waals surface area (Å²) in [4.78, 5) is 27.7. The molecule has 0 bridgehead atoms. The molecule has 1 aliphatic heterocycles. The zero-order chi connectivity index (χ0) is 22.2. The molecular formula is C24H32N4O3. The van der Waals surface area contributed by atoms with Gasteiger partial charge in [-0.05, 0) is 75.1 Å². The molecule has 0 spiro atoms. The smallest absolute Gasteiger partial charge is 0.323 e. The van der Waals surface area contributed by atoms with Crippen LogP contribution in [0.3, 0.4) is 0 Å². The summed E-state index contributed by atoms with van der Waals surface area (Å²) in [5.74, 6) is 0.602. The fraction of sp³-hybridized carbons (Fsp3) is 0.417. The molecule has 1 atom stereocenters. The molecule has 1 aliphatic rings. The second-order valence-corrected chi connectivity index (χ2v) is 7.87. The first-order valence-electron chi connectivity index (χ1n) is 10.9. The predicted molar refractivity (Wildman–Crippen MR) is 125 cm³/mol. The lowest BCUT2D eigenvalue weighted by Crippen LogP contribution is -2.35. The van der Waals surface area contributed by atoms with Crippen LogP contribution in [0, 0.1) is 0 Å². The molecule has 0 aromatic heterocycles. The molecule has 2 aromatic rings. The first-order chi connectivity index (χ1) is 15.0. The summed E-state index contributed by atoms with van der Waals surface area (Å²) in [5.41, 5.74) is 2.73. The van der Waals surface area contributed by atoms with Crippen LogP contribution >= 0.6 is 0 Å². The molecule has 3 amide bonds. The van der Waals surface area contributed by atoms with Crippen LogP contribution in [-0.4, -0.2) is 38.2 Å². The summed E-state index contributed by atoms with van der Waals surface area (Å²) < 4.78 is 5.13. The molecule has 0 aliphatic carbocycles. The maximum absolute atomic E-state index is 13.0. The standard InChI is InChI=1S/C24H32N4O3/c1-4-17(2)25-23(29)21-16-19(10-13-22(21)28-14-6-5-7-15-28)27-24(30)26-18-8-11-20(31-3)12-9-18/h8-13,16-17H,4-7,14-15H2,1-3H3,(H,25,29)(H2,26,27,30)/t17-/m1/s1. The second-order valence-electron chi connectivity index (χ2n) is 7.87. The van der Waals surface area contributed by atoms with Gasteiger partial charge in [-0.2, -0.15) is 0 Å². The van der Waals surface area contributed by atoms with Crippen molar-refractivity contribution in [2.75, 3.05) is 35.7 Å². The Balaban J connectivity index is 1.77. The molecule has 0 radical (unpaired) electrons. The Kier molecular flexibility index (Phi) is 7.76. The zero-order valence-electron chi connectivity index (χ0n) is 18.5. The summed E-state index contributed by atoms with van der Waals surface area (Å²) in [6, 6.07) is 12.3. The summed E-state index contributed by atoms with van der Waals surface area (Å²) >= 11 is 0. The van der Waals surface area contributed by atoms with E-state index in [1.54, 1.807) is 37.4 Å². The Morgan fingerprint density at radius 1 is 1.00 bits per heavy atom. The van der Waals surface area contributed by atoms with Crippen molar-refractivity contribution >= 4 is 29.0 Å². The van der Waals surface area contributed by atoms with Crippen molar-refractivity contribution in [3.63, 3.8) is 0 Å². The lowest BCUT2D eigenvalue weighted by Gasteiger charge is -2.31. The van der Waals surface area contributed by atoms with Crippen molar-refractivity contribution in [2.45, 2.75) is 45.6 Å². The largest absolute Gasteiger partial charge is 0.497 e. The van der Waals surface area contributed by atoms with Crippen LogP contribution in [0.25, 0.3) is 0 Å². The van der Waals surface area contributed by atoms with Crippen LogP contribution in [0.5, 0.6) is 5.75 Å². The van der Waals surface area contributed by atoms with Crippen molar-refractivity contribution in [3.05, 3.63) is 48.0 Å². The van der Waals surface area contributed by atoms with Gasteiger partial charge in [-0.1, -0.05) is 6.92 Å². The van der Waals surface area contributed by atoms with E-state index < -0.39 is 0 Å². The van der Waals surface area contributed by atoms with E-state index in [-0.39, 0.29) is 18.0 Å². The summed E-state index contributed by atoms with van der Waals surface area (Å²) in [6.45, 7) is 5.91. The Morgan fingerprint density at radius 3 is 2.29 bits per heavy atom. The van der Waals surface area contributed by atoms with Crippen LogP contribution < -0.4 is 25.6 Å². The van der Waals surface area contributed by atoms with Gasteiger partial charge in [-0.3, -0.25) is 4.79 Å². The Bertz CT molecular complexity index is 892. The minimum atomic E-state index is -0.371. The van der Waals surface area contributed by atoms with Crippen LogP contribution in [0.4, 0.5) is 21.9 Å². The number of amides is 3. The number of hydrogen-bond acceptors (Lipinski definition) is 4. The minimum Gasteiger partial charge on any atom is -0.497 e. The number of methoxy groups -OCH3 is 1. The minimum absolute atomic E-state index is 0.0803. The maximum atomic E-state index is 13.0. The number of nitrogens with zero attached hydrogens (tertiary/aromatic N) is 1. The molecular weight excluding hydrogens is 392 g/mol. The number of ether oxygens (including phenoxy) is 1. The third-order valence-corrected chi connectivity index (χ3v) is 5.53. The fourth-order valence-corrected chi connectivity index (χ4v) is 3.58. The van der Waals surface area contributed by atoms with Crippen molar-refractivity contribution in [1.82, 2.24) is 5.32 Å². The highest BCUT2D eigenvalue weighted by molar-refractivity contribution is 6.04. The summed E-state index contributed by atoms with van der Waals surface area (Å²) in [5, 5.41) is 8.68. The lowest BCUT2D eigenvalue weighted by molar-refractivity contribution is 0.0939. The van der Waals surface area contributed by atoms with Gasteiger partial charge in [0, 0.05) is 36.2 Å². The highest BCUT2D eigenvalue weighted by Crippen LogP contribution is 2.27. The van der Waals surface area contributed by atoms with Crippen molar-refractivity contribution in [2.24, 2.45) is 0 Å². The Labute approximate surface area is 184 Å². The van der Waals surface area contributed by atoms with Gasteiger partial charge in [0.15, 0.2) is 0 Å². The number of rotatable bonds is 7. The van der Waals surface area contributed by atoms with Gasteiger partial charge in [-0.15, -0.1) is 0 Å². The van der Waals surface area contributed by atoms with E-state index in [1.807, 2.05) is 26.0 Å². The first-order valence-corrected chi connectivity index (χ1v) is 10.9. The number of anilines is 3. The number of carbonyl (C=O) groups excluding carboxylic acids is 2. The van der Waals surface area contributed by atoms with Gasteiger partial charge < -0.3 is 25.6 Å². The average molecular weight is 425 g/mol. The molecule has 1 heterocycles. The van der Waals surface area contributed by atoms with Gasteiger partial charge in [0.05, 0.1) is 12.7 Å². The molecule has 0 saturated carbocycles. The van der Waals surface area contributed by atoms with Crippen molar-refractivity contribution in [3.8, 4) is 5.75 Å². The normalized spacial score (nSPS) is 14.5. The van der Waals surface area contributed by atoms with E-state index in [1.165, 1.54) is 6.42 Å². The molecule has 1 saturated heterocycles. The van der Waals surface area contributed by atoms with Crippen LogP contribution in [0.1, 0.15) is 49.9 Å². The molecule has 3 rings (SSSR count). The first kappa shape index (κ1) is 22.5. The summed E-state index contributed by atoms with van der Waals surface area (Å²) in [7, 11) is 1.59. The molecule has 0 unspecified atom stereocenters. The number of piperidine rings is 1. The highest BCUT2D eigenvalue weighted by Gasteiger charge is 2.20. The predicted octanol–water partition coefficient (Wildman–Crippen LogP) is 4.86. The molecule has 3 N–H and O–H groups in total. The van der Waals surface area contributed by atoms with Gasteiger partial charge in [0.2, 0.25) is 0 Å². The monoisotopic (exact) mass is 424 g/mol. The topological polar surface area (TPSA) is 82.7 Å². The Morgan fingerprint density at radius 2 is 1.65 bits per heavy atom. The van der Waals surface area contributed by atoms with E-state index in [9.17, 15) is 9.59 Å². The van der Waals surface area contributed by atoms with E-state index in [2.05, 4.69) is 20.9 Å². The SMILES string of the molecule is CC[C@@H](C)NC(=O)c1cc(NC(=O)Nc2ccc(OC)cc2)ccc1N1CCCCC1. The van der Waals surface area contributed by atoms with Crippen molar-refractivity contribution < 1.29 is 14.3 Å². The maximum Gasteiger partial charge on any atom is 0.323 e. The molecule has 7 nitrogen and oxygen atoms in total. The molecule has 166 valence electrons. The van der Waals surface area contributed by atoms with Gasteiger partial charge in [-0.25, -0.2) is 4.79 Å². The van der Waals surface area contributed by atoms with Crippen LogP contribution in [-0.2, 0) is 0 Å². The lowest BCUT2D eigenvalue weighted by atomic mass is 10.1. The van der Waals surface area contributed by atoms with E-state index in [0.29, 0.717) is 16.9 Å². The Hall–Kier alpha value is -3.22. The van der Waals surface area contributed by atoms with E-state index in [0.717, 1.165) is 43.8 Å². The van der Waals surface area contributed by atoms with Crippen molar-refractivity contribution in [1.29, 1.82) is 0 Å². The van der Waals surface area contributed by atoms with Crippen LogP contribution in [0.2, 0.25) is 0 Å². The molecule has 2 aromatic carbocycles. The van der Waals surface area contributed by atoms with E-state index >= 15 is 0 Å². The van der Waals surface area contributed by atoms with Gasteiger partial charge in [0.25, 0.3) is 5.91 Å². The van der Waals surface area contributed by atoms with Crippen LogP contribution in [0.15, 0.2) is 42.5 Å².